The van der Waals surface area contributed by atoms with Crippen LogP contribution < -0.4 is 0 Å². The minimum Gasteiger partial charge on any atom is -0.460 e. The third kappa shape index (κ3) is 33.0. The SMILES string of the molecule is C#CCOCCOCCOCCOCCSCCOCCOCCOCCOCCC(=O)OC(C)(C)C. The van der Waals surface area contributed by atoms with Crippen molar-refractivity contribution in [1.82, 2.24) is 0 Å². The van der Waals surface area contributed by atoms with Gasteiger partial charge in [0.05, 0.1) is 106 Å². The van der Waals surface area contributed by atoms with Gasteiger partial charge in [-0.25, -0.2) is 0 Å². The Balaban J connectivity index is 3.10. The van der Waals surface area contributed by atoms with Crippen molar-refractivity contribution < 1.29 is 47.4 Å². The first-order chi connectivity index (χ1) is 18.0. The Kier molecular flexibility index (Phi) is 27.4. The molecule has 0 aromatic heterocycles. The zero-order valence-electron chi connectivity index (χ0n) is 23.0. The number of hydrogen-bond donors (Lipinski definition) is 0. The van der Waals surface area contributed by atoms with Gasteiger partial charge in [0.1, 0.15) is 12.2 Å². The average molecular weight is 553 g/mol. The molecule has 0 bridgehead atoms. The second kappa shape index (κ2) is 28.1. The Morgan fingerprint density at radius 2 is 0.946 bits per heavy atom. The van der Waals surface area contributed by atoms with Crippen LogP contribution in [0.1, 0.15) is 27.2 Å². The molecule has 0 aliphatic heterocycles. The zero-order chi connectivity index (χ0) is 27.3. The maximum Gasteiger partial charge on any atom is 0.308 e. The van der Waals surface area contributed by atoms with Crippen LogP contribution in [-0.4, -0.2) is 129 Å². The van der Waals surface area contributed by atoms with Crippen LogP contribution in [0, 0.1) is 12.3 Å². The van der Waals surface area contributed by atoms with Gasteiger partial charge in [-0.3, -0.25) is 4.79 Å². The fraction of sp³-hybridized carbons (Fsp3) is 0.885. The minimum absolute atomic E-state index is 0.242. The number of esters is 1. The molecule has 10 nitrogen and oxygen atoms in total. The Morgan fingerprint density at radius 1 is 0.595 bits per heavy atom. The molecule has 0 rings (SSSR count). The van der Waals surface area contributed by atoms with Crippen LogP contribution >= 0.6 is 11.8 Å². The molecule has 0 saturated heterocycles. The van der Waals surface area contributed by atoms with Crippen molar-refractivity contribution in [3.8, 4) is 12.3 Å². The van der Waals surface area contributed by atoms with Crippen LogP contribution in [0.4, 0.5) is 0 Å². The number of carbonyl (C=O) groups excluding carboxylic acids is 1. The number of rotatable bonds is 28. The number of ether oxygens (including phenoxy) is 9. The lowest BCUT2D eigenvalue weighted by atomic mass is 10.2. The second-order valence-electron chi connectivity index (χ2n) is 8.49. The molecule has 0 aliphatic carbocycles. The molecule has 0 aromatic carbocycles. The Morgan fingerprint density at radius 3 is 1.32 bits per heavy atom. The number of carbonyl (C=O) groups is 1. The van der Waals surface area contributed by atoms with Crippen molar-refractivity contribution in [2.45, 2.75) is 32.8 Å². The van der Waals surface area contributed by atoms with E-state index in [-0.39, 0.29) is 12.4 Å². The molecular weight excluding hydrogens is 504 g/mol. The molecule has 0 aliphatic rings. The number of thioether (sulfide) groups is 1. The predicted octanol–water partition coefficient (Wildman–Crippen LogP) is 2.22. The summed E-state index contributed by atoms with van der Waals surface area (Å²) >= 11 is 1.79. The summed E-state index contributed by atoms with van der Waals surface area (Å²) in [4.78, 5) is 11.5. The van der Waals surface area contributed by atoms with Gasteiger partial charge in [-0.15, -0.1) is 6.42 Å². The van der Waals surface area contributed by atoms with E-state index in [1.807, 2.05) is 20.8 Å². The molecule has 0 heterocycles. The molecule has 0 radical (unpaired) electrons. The van der Waals surface area contributed by atoms with E-state index in [9.17, 15) is 4.79 Å². The minimum atomic E-state index is -0.464. The lowest BCUT2D eigenvalue weighted by molar-refractivity contribution is -0.156. The fourth-order valence-electron chi connectivity index (χ4n) is 2.44. The van der Waals surface area contributed by atoms with Crippen LogP contribution in [0.3, 0.4) is 0 Å². The van der Waals surface area contributed by atoms with E-state index in [0.29, 0.717) is 106 Å². The van der Waals surface area contributed by atoms with Crippen molar-refractivity contribution >= 4 is 17.7 Å². The maximum absolute atomic E-state index is 11.5. The lowest BCUT2D eigenvalue weighted by Crippen LogP contribution is -2.24. The smallest absolute Gasteiger partial charge is 0.308 e. The summed E-state index contributed by atoms with van der Waals surface area (Å²) < 4.78 is 48.4. The summed E-state index contributed by atoms with van der Waals surface area (Å²) in [5.74, 6) is 3.98. The van der Waals surface area contributed by atoms with Gasteiger partial charge in [-0.1, -0.05) is 5.92 Å². The van der Waals surface area contributed by atoms with Crippen molar-refractivity contribution in [1.29, 1.82) is 0 Å². The average Bonchev–Trinajstić information content (AvgIpc) is 2.84. The summed E-state index contributed by atoms with van der Waals surface area (Å²) in [5, 5.41) is 0. The van der Waals surface area contributed by atoms with Gasteiger partial charge in [0.2, 0.25) is 0 Å². The van der Waals surface area contributed by atoms with E-state index >= 15 is 0 Å². The van der Waals surface area contributed by atoms with E-state index in [1.54, 1.807) is 11.8 Å². The highest BCUT2D eigenvalue weighted by atomic mass is 32.2. The van der Waals surface area contributed by atoms with Gasteiger partial charge in [0.25, 0.3) is 0 Å². The quantitative estimate of drug-likeness (QED) is 0.0811. The zero-order valence-corrected chi connectivity index (χ0v) is 23.8. The molecule has 11 heteroatoms. The predicted molar refractivity (Wildman–Crippen MR) is 143 cm³/mol. The highest BCUT2D eigenvalue weighted by Crippen LogP contribution is 2.08. The molecule has 0 atom stereocenters. The Hall–Kier alpha value is -0.940. The van der Waals surface area contributed by atoms with Crippen molar-refractivity contribution in [2.75, 3.05) is 117 Å². The van der Waals surface area contributed by atoms with Crippen LogP contribution in [0.15, 0.2) is 0 Å². The lowest BCUT2D eigenvalue weighted by Gasteiger charge is -2.19. The summed E-state index contributed by atoms with van der Waals surface area (Å²) in [6, 6.07) is 0. The Bertz CT molecular complexity index is 536. The molecular formula is C26H48O10S. The first kappa shape index (κ1) is 36.1. The van der Waals surface area contributed by atoms with E-state index < -0.39 is 5.60 Å². The van der Waals surface area contributed by atoms with Crippen LogP contribution in [0.25, 0.3) is 0 Å². The molecule has 218 valence electrons. The molecule has 0 N–H and O–H groups in total. The first-order valence-corrected chi connectivity index (χ1v) is 14.0. The van der Waals surface area contributed by atoms with E-state index in [2.05, 4.69) is 5.92 Å². The summed E-state index contributed by atoms with van der Waals surface area (Å²) in [6.45, 7) is 13.7. The molecule has 0 amide bonds. The molecule has 0 spiro atoms. The highest BCUT2D eigenvalue weighted by molar-refractivity contribution is 7.99. The van der Waals surface area contributed by atoms with E-state index in [4.69, 9.17) is 49.1 Å². The van der Waals surface area contributed by atoms with Gasteiger partial charge < -0.3 is 42.6 Å². The highest BCUT2D eigenvalue weighted by Gasteiger charge is 2.15. The topological polar surface area (TPSA) is 100 Å². The van der Waals surface area contributed by atoms with Crippen molar-refractivity contribution in [3.05, 3.63) is 0 Å². The third-order valence-electron chi connectivity index (χ3n) is 4.03. The van der Waals surface area contributed by atoms with E-state index in [1.165, 1.54) is 0 Å². The number of hydrogen-bond acceptors (Lipinski definition) is 11. The largest absolute Gasteiger partial charge is 0.460 e. The van der Waals surface area contributed by atoms with Crippen molar-refractivity contribution in [3.63, 3.8) is 0 Å². The summed E-state index contributed by atoms with van der Waals surface area (Å²) in [7, 11) is 0. The summed E-state index contributed by atoms with van der Waals surface area (Å²) in [6.07, 6.45) is 5.32. The molecule has 37 heavy (non-hydrogen) atoms. The monoisotopic (exact) mass is 552 g/mol. The fourth-order valence-corrected chi connectivity index (χ4v) is 3.11. The normalized spacial score (nSPS) is 11.5. The first-order valence-electron chi connectivity index (χ1n) is 12.8. The number of terminal acetylenes is 1. The van der Waals surface area contributed by atoms with Gasteiger partial charge in [-0.05, 0) is 20.8 Å². The molecule has 0 unspecified atom stereocenters. The third-order valence-corrected chi connectivity index (χ3v) is 4.94. The van der Waals surface area contributed by atoms with Gasteiger partial charge in [0.15, 0.2) is 0 Å². The van der Waals surface area contributed by atoms with Gasteiger partial charge >= 0.3 is 5.97 Å². The Labute approximate surface area is 227 Å². The molecule has 0 aromatic rings. The maximum atomic E-state index is 11.5. The van der Waals surface area contributed by atoms with Crippen molar-refractivity contribution in [2.24, 2.45) is 0 Å². The summed E-state index contributed by atoms with van der Waals surface area (Å²) in [5.41, 5.74) is -0.464. The van der Waals surface area contributed by atoms with Gasteiger partial charge in [0, 0.05) is 11.5 Å². The second-order valence-corrected chi connectivity index (χ2v) is 9.72. The van der Waals surface area contributed by atoms with E-state index in [0.717, 1.165) is 11.5 Å². The standard InChI is InChI=1S/C26H48O10S/c1-5-7-28-9-11-30-13-15-32-17-19-34-21-23-37-24-22-35-20-18-33-16-14-31-12-10-29-8-6-25(27)36-26(2,3)4/h1H,6-24H2,2-4H3. The van der Waals surface area contributed by atoms with Crippen LogP contribution in [0.5, 0.6) is 0 Å². The molecule has 0 saturated carbocycles. The van der Waals surface area contributed by atoms with Crippen LogP contribution in [-0.2, 0) is 47.4 Å². The molecule has 0 fully saturated rings. The van der Waals surface area contributed by atoms with Crippen LogP contribution in [0.2, 0.25) is 0 Å². The van der Waals surface area contributed by atoms with Gasteiger partial charge in [-0.2, -0.15) is 11.8 Å².